The largest absolute Gasteiger partial charge is 0.507 e. The Labute approximate surface area is 159 Å². The van der Waals surface area contributed by atoms with Gasteiger partial charge in [-0.1, -0.05) is 25.5 Å². The van der Waals surface area contributed by atoms with Gasteiger partial charge in [0.1, 0.15) is 17.2 Å². The predicted molar refractivity (Wildman–Crippen MR) is 105 cm³/mol. The second kappa shape index (κ2) is 8.27. The molecule has 2 aromatic carbocycles. The highest BCUT2D eigenvalue weighted by atomic mass is 16.5. The highest BCUT2D eigenvalue weighted by molar-refractivity contribution is 6.15. The van der Waals surface area contributed by atoms with Gasteiger partial charge in [0.15, 0.2) is 5.76 Å². The smallest absolute Gasteiger partial charge is 0.231 e. The molecule has 5 nitrogen and oxygen atoms in total. The van der Waals surface area contributed by atoms with E-state index in [9.17, 15) is 9.90 Å². The second-order valence-electron chi connectivity index (χ2n) is 6.75. The molecule has 142 valence electrons. The lowest BCUT2D eigenvalue weighted by Crippen LogP contribution is -2.19. The van der Waals surface area contributed by atoms with Crippen LogP contribution in [0.15, 0.2) is 42.2 Å². The number of benzene rings is 2. The molecule has 1 N–H and O–H groups in total. The number of allylic oxidation sites excluding steroid dienone is 1. The van der Waals surface area contributed by atoms with E-state index in [2.05, 4.69) is 11.8 Å². The zero-order valence-electron chi connectivity index (χ0n) is 16.0. The van der Waals surface area contributed by atoms with Crippen LogP contribution in [-0.2, 0) is 6.54 Å². The van der Waals surface area contributed by atoms with Crippen LogP contribution in [0.3, 0.4) is 0 Å². The zero-order chi connectivity index (χ0) is 19.4. The lowest BCUT2D eigenvalue weighted by molar-refractivity contribution is 0.101. The summed E-state index contributed by atoms with van der Waals surface area (Å²) < 4.78 is 11.1. The number of carbonyl (C=O) groups is 1. The third kappa shape index (κ3) is 4.14. The summed E-state index contributed by atoms with van der Waals surface area (Å²) in [5.41, 5.74) is 1.95. The number of phenolic OH excluding ortho intramolecular Hbond substituents is 1. The van der Waals surface area contributed by atoms with E-state index in [-0.39, 0.29) is 17.3 Å². The first kappa shape index (κ1) is 19.0. The van der Waals surface area contributed by atoms with E-state index >= 15 is 0 Å². The van der Waals surface area contributed by atoms with Crippen LogP contribution in [0.1, 0.15) is 41.3 Å². The summed E-state index contributed by atoms with van der Waals surface area (Å²) in [4.78, 5) is 14.9. The minimum absolute atomic E-state index is 0.146. The molecule has 0 aliphatic carbocycles. The van der Waals surface area contributed by atoms with Crippen LogP contribution in [0.4, 0.5) is 0 Å². The first-order valence-electron chi connectivity index (χ1n) is 9.15. The third-order valence-electron chi connectivity index (χ3n) is 4.63. The van der Waals surface area contributed by atoms with Crippen LogP contribution in [0.5, 0.6) is 17.2 Å². The van der Waals surface area contributed by atoms with Gasteiger partial charge in [-0.3, -0.25) is 4.79 Å². The number of rotatable bonds is 7. The number of hydrogen-bond acceptors (Lipinski definition) is 5. The number of aromatic hydroxyl groups is 1. The second-order valence-corrected chi connectivity index (χ2v) is 6.75. The van der Waals surface area contributed by atoms with Crippen molar-refractivity contribution < 1.29 is 19.4 Å². The molecular formula is C22H25NO4. The Kier molecular flexibility index (Phi) is 5.81. The van der Waals surface area contributed by atoms with Gasteiger partial charge >= 0.3 is 0 Å². The number of unbranched alkanes of at least 4 members (excludes halogenated alkanes) is 1. The van der Waals surface area contributed by atoms with Gasteiger partial charge in [-0.25, -0.2) is 0 Å². The maximum atomic E-state index is 12.8. The fourth-order valence-electron chi connectivity index (χ4n) is 3.11. The van der Waals surface area contributed by atoms with Gasteiger partial charge < -0.3 is 19.5 Å². The van der Waals surface area contributed by atoms with Crippen molar-refractivity contribution in [3.05, 3.63) is 58.8 Å². The molecule has 0 spiro atoms. The number of Topliss-reactive ketones (excluding diaryl/α,β-unsaturated/α-hetero) is 1. The molecule has 0 saturated heterocycles. The third-order valence-corrected chi connectivity index (χ3v) is 4.63. The Balaban J connectivity index is 1.90. The molecule has 0 fully saturated rings. The van der Waals surface area contributed by atoms with Crippen LogP contribution in [0.25, 0.3) is 6.08 Å². The minimum Gasteiger partial charge on any atom is -0.507 e. The van der Waals surface area contributed by atoms with E-state index in [1.807, 2.05) is 31.3 Å². The lowest BCUT2D eigenvalue weighted by atomic mass is 10.0. The predicted octanol–water partition coefficient (Wildman–Crippen LogP) is 4.25. The van der Waals surface area contributed by atoms with E-state index < -0.39 is 0 Å². The van der Waals surface area contributed by atoms with Crippen molar-refractivity contribution in [3.8, 4) is 17.2 Å². The van der Waals surface area contributed by atoms with Crippen molar-refractivity contribution in [3.63, 3.8) is 0 Å². The van der Waals surface area contributed by atoms with E-state index in [4.69, 9.17) is 9.47 Å². The monoisotopic (exact) mass is 367 g/mol. The zero-order valence-corrected chi connectivity index (χ0v) is 16.0. The standard InChI is InChI=1S/C22H25NO4/c1-4-5-11-23(2)14-18-19(24)10-9-17-21(25)20(27-22(17)18)13-15-7-6-8-16(12-15)26-3/h6-10,12-13,24H,4-5,11,14H2,1-3H3/b20-13-. The number of phenols is 1. The van der Waals surface area contributed by atoms with Gasteiger partial charge in [0.05, 0.1) is 18.2 Å². The van der Waals surface area contributed by atoms with Crippen molar-refractivity contribution in [2.24, 2.45) is 0 Å². The molecule has 0 amide bonds. The SMILES string of the molecule is CCCCN(C)Cc1c(O)ccc2c1O/C(=C\c1cccc(OC)c1)C2=O. The molecule has 0 atom stereocenters. The van der Waals surface area contributed by atoms with Crippen LogP contribution in [0.2, 0.25) is 0 Å². The average molecular weight is 367 g/mol. The lowest BCUT2D eigenvalue weighted by Gasteiger charge is -2.18. The summed E-state index contributed by atoms with van der Waals surface area (Å²) >= 11 is 0. The van der Waals surface area contributed by atoms with Crippen molar-refractivity contribution in [2.75, 3.05) is 20.7 Å². The number of methoxy groups -OCH3 is 1. The fourth-order valence-corrected chi connectivity index (χ4v) is 3.11. The highest BCUT2D eigenvalue weighted by Gasteiger charge is 2.31. The number of hydrogen-bond donors (Lipinski definition) is 1. The topological polar surface area (TPSA) is 59.0 Å². The Hall–Kier alpha value is -2.79. The number of ether oxygens (including phenoxy) is 2. The number of nitrogens with zero attached hydrogens (tertiary/aromatic N) is 1. The van der Waals surface area contributed by atoms with Gasteiger partial charge in [0.2, 0.25) is 5.78 Å². The fraction of sp³-hybridized carbons (Fsp3) is 0.318. The molecule has 27 heavy (non-hydrogen) atoms. The van der Waals surface area contributed by atoms with Crippen molar-refractivity contribution in [2.45, 2.75) is 26.3 Å². The van der Waals surface area contributed by atoms with Crippen LogP contribution >= 0.6 is 0 Å². The Morgan fingerprint density at radius 3 is 2.81 bits per heavy atom. The Morgan fingerprint density at radius 2 is 2.07 bits per heavy atom. The molecule has 2 aromatic rings. The molecule has 3 rings (SSSR count). The molecule has 5 heteroatoms. The average Bonchev–Trinajstić information content (AvgIpc) is 2.98. The van der Waals surface area contributed by atoms with Crippen molar-refractivity contribution in [1.29, 1.82) is 0 Å². The minimum atomic E-state index is -0.176. The van der Waals surface area contributed by atoms with E-state index in [0.717, 1.165) is 24.9 Å². The van der Waals surface area contributed by atoms with Crippen LogP contribution in [0, 0.1) is 0 Å². The maximum absolute atomic E-state index is 12.8. The number of fused-ring (bicyclic) bond motifs is 1. The van der Waals surface area contributed by atoms with Gasteiger partial charge in [0, 0.05) is 6.54 Å². The van der Waals surface area contributed by atoms with E-state index in [1.54, 1.807) is 25.3 Å². The van der Waals surface area contributed by atoms with Crippen LogP contribution < -0.4 is 9.47 Å². The normalized spacial score (nSPS) is 14.5. The quantitative estimate of drug-likeness (QED) is 0.742. The molecule has 0 unspecified atom stereocenters. The Bertz CT molecular complexity index is 873. The molecule has 1 aliphatic rings. The summed E-state index contributed by atoms with van der Waals surface area (Å²) in [6.45, 7) is 3.58. The van der Waals surface area contributed by atoms with Crippen molar-refractivity contribution in [1.82, 2.24) is 4.90 Å². The summed E-state index contributed by atoms with van der Waals surface area (Å²) in [6.07, 6.45) is 3.88. The number of ketones is 1. The maximum Gasteiger partial charge on any atom is 0.231 e. The first-order valence-corrected chi connectivity index (χ1v) is 9.15. The summed E-state index contributed by atoms with van der Waals surface area (Å²) in [5, 5.41) is 10.3. The summed E-state index contributed by atoms with van der Waals surface area (Å²) in [6, 6.07) is 10.6. The van der Waals surface area contributed by atoms with Crippen LogP contribution in [-0.4, -0.2) is 36.5 Å². The summed E-state index contributed by atoms with van der Waals surface area (Å²) in [5.74, 6) is 1.39. The molecule has 1 aliphatic heterocycles. The molecule has 0 saturated carbocycles. The molecular weight excluding hydrogens is 342 g/mol. The van der Waals surface area contributed by atoms with Gasteiger partial charge in [-0.2, -0.15) is 0 Å². The molecule has 1 heterocycles. The van der Waals surface area contributed by atoms with Gasteiger partial charge in [0.25, 0.3) is 0 Å². The van der Waals surface area contributed by atoms with Crippen molar-refractivity contribution >= 4 is 11.9 Å². The van der Waals surface area contributed by atoms with E-state index in [0.29, 0.717) is 29.2 Å². The van der Waals surface area contributed by atoms with Gasteiger partial charge in [-0.15, -0.1) is 0 Å². The molecule has 0 bridgehead atoms. The first-order chi connectivity index (χ1) is 13.0. The highest BCUT2D eigenvalue weighted by Crippen LogP contribution is 2.40. The van der Waals surface area contributed by atoms with E-state index in [1.165, 1.54) is 0 Å². The molecule has 0 aromatic heterocycles. The molecule has 0 radical (unpaired) electrons. The van der Waals surface area contributed by atoms with Gasteiger partial charge in [-0.05, 0) is 55.9 Å². The summed E-state index contributed by atoms with van der Waals surface area (Å²) in [7, 11) is 3.60. The Morgan fingerprint density at radius 1 is 1.26 bits per heavy atom. The number of carbonyl (C=O) groups excluding carboxylic acids is 1.